The van der Waals surface area contributed by atoms with Gasteiger partial charge in [0.1, 0.15) is 5.75 Å². The molecule has 22 heavy (non-hydrogen) atoms. The number of carbonyl (C=O) groups excluding carboxylic acids is 2. The quantitative estimate of drug-likeness (QED) is 0.841. The number of carbonyl (C=O) groups is 2. The topological polar surface area (TPSA) is 55.4 Å². The molecule has 2 aromatic carbocycles. The van der Waals surface area contributed by atoms with Gasteiger partial charge >= 0.3 is 0 Å². The Morgan fingerprint density at radius 2 is 1.73 bits per heavy atom. The summed E-state index contributed by atoms with van der Waals surface area (Å²) in [6.45, 7) is 3.87. The molecule has 0 fully saturated rings. The van der Waals surface area contributed by atoms with E-state index in [-0.39, 0.29) is 11.7 Å². The van der Waals surface area contributed by atoms with Crippen molar-refractivity contribution in [3.05, 3.63) is 58.6 Å². The molecular weight excluding hydrogens is 302 g/mol. The normalized spacial score (nSPS) is 10.1. The molecule has 0 aliphatic carbocycles. The average molecular weight is 318 g/mol. The first kappa shape index (κ1) is 16.0. The molecule has 0 aliphatic rings. The van der Waals surface area contributed by atoms with Crippen LogP contribution in [-0.2, 0) is 0 Å². The second kappa shape index (κ2) is 7.09. The predicted molar refractivity (Wildman–Crippen MR) is 87.0 cm³/mol. The van der Waals surface area contributed by atoms with Gasteiger partial charge in [-0.05, 0) is 56.3 Å². The van der Waals surface area contributed by atoms with Crippen LogP contribution < -0.4 is 10.1 Å². The Bertz CT molecular complexity index is 696. The summed E-state index contributed by atoms with van der Waals surface area (Å²) >= 11 is 6.07. The molecule has 0 aromatic heterocycles. The van der Waals surface area contributed by atoms with Gasteiger partial charge in [0.2, 0.25) is 0 Å². The zero-order valence-corrected chi connectivity index (χ0v) is 13.1. The Morgan fingerprint density at radius 3 is 2.27 bits per heavy atom. The van der Waals surface area contributed by atoms with Crippen molar-refractivity contribution >= 4 is 29.0 Å². The zero-order valence-electron chi connectivity index (χ0n) is 12.4. The smallest absolute Gasteiger partial charge is 0.255 e. The van der Waals surface area contributed by atoms with Crippen molar-refractivity contribution in [1.82, 2.24) is 0 Å². The van der Waals surface area contributed by atoms with Crippen molar-refractivity contribution < 1.29 is 14.3 Å². The molecule has 1 N–H and O–H groups in total. The molecule has 0 spiro atoms. The highest BCUT2D eigenvalue weighted by molar-refractivity contribution is 6.32. The number of amides is 1. The second-order valence-electron chi connectivity index (χ2n) is 4.67. The minimum atomic E-state index is -0.277. The predicted octanol–water partition coefficient (Wildman–Crippen LogP) is 4.19. The van der Waals surface area contributed by atoms with E-state index < -0.39 is 0 Å². The Kier molecular flexibility index (Phi) is 5.17. The second-order valence-corrected chi connectivity index (χ2v) is 5.07. The summed E-state index contributed by atoms with van der Waals surface area (Å²) in [6, 6.07) is 11.6. The molecule has 0 saturated heterocycles. The summed E-state index contributed by atoms with van der Waals surface area (Å²) < 4.78 is 5.33. The SMILES string of the molecule is CCOc1ccc(C(=O)Nc2ccc(C(C)=O)cc2)cc1Cl. The monoisotopic (exact) mass is 317 g/mol. The summed E-state index contributed by atoms with van der Waals surface area (Å²) in [6.07, 6.45) is 0. The third-order valence-electron chi connectivity index (χ3n) is 3.04. The number of anilines is 1. The lowest BCUT2D eigenvalue weighted by Gasteiger charge is -2.09. The summed E-state index contributed by atoms with van der Waals surface area (Å²) in [7, 11) is 0. The average Bonchev–Trinajstić information content (AvgIpc) is 2.50. The first-order chi connectivity index (χ1) is 10.5. The Labute approximate surface area is 134 Å². The molecule has 0 saturated carbocycles. The van der Waals surface area contributed by atoms with Gasteiger partial charge in [0.05, 0.1) is 11.6 Å². The third kappa shape index (κ3) is 3.86. The number of Topliss-reactive ketones (excluding diaryl/α,β-unsaturated/α-hetero) is 1. The maximum absolute atomic E-state index is 12.2. The zero-order chi connectivity index (χ0) is 16.1. The molecule has 0 bridgehead atoms. The van der Waals surface area contributed by atoms with E-state index in [0.717, 1.165) is 0 Å². The van der Waals surface area contributed by atoms with E-state index in [9.17, 15) is 9.59 Å². The maximum Gasteiger partial charge on any atom is 0.255 e. The van der Waals surface area contributed by atoms with Crippen LogP contribution in [0.15, 0.2) is 42.5 Å². The highest BCUT2D eigenvalue weighted by atomic mass is 35.5. The summed E-state index contributed by atoms with van der Waals surface area (Å²) in [5.74, 6) is 0.253. The molecule has 0 unspecified atom stereocenters. The van der Waals surface area contributed by atoms with E-state index in [1.165, 1.54) is 6.92 Å². The van der Waals surface area contributed by atoms with Crippen LogP contribution >= 0.6 is 11.6 Å². The van der Waals surface area contributed by atoms with E-state index >= 15 is 0 Å². The molecule has 0 aliphatic heterocycles. The first-order valence-corrected chi connectivity index (χ1v) is 7.23. The highest BCUT2D eigenvalue weighted by Gasteiger charge is 2.10. The van der Waals surface area contributed by atoms with E-state index in [0.29, 0.717) is 34.2 Å². The van der Waals surface area contributed by atoms with Crippen molar-refractivity contribution in [2.75, 3.05) is 11.9 Å². The van der Waals surface area contributed by atoms with Gasteiger partial charge < -0.3 is 10.1 Å². The fraction of sp³-hybridized carbons (Fsp3) is 0.176. The van der Waals surface area contributed by atoms with Crippen LogP contribution in [0.4, 0.5) is 5.69 Å². The molecule has 0 heterocycles. The molecular formula is C17H16ClNO3. The summed E-state index contributed by atoms with van der Waals surface area (Å²) in [5.41, 5.74) is 1.64. The molecule has 1 amide bonds. The fourth-order valence-electron chi connectivity index (χ4n) is 1.91. The highest BCUT2D eigenvalue weighted by Crippen LogP contribution is 2.25. The van der Waals surface area contributed by atoms with E-state index in [2.05, 4.69) is 5.32 Å². The van der Waals surface area contributed by atoms with Crippen LogP contribution in [-0.4, -0.2) is 18.3 Å². The number of hydrogen-bond donors (Lipinski definition) is 1. The maximum atomic E-state index is 12.2. The number of rotatable bonds is 5. The van der Waals surface area contributed by atoms with Crippen molar-refractivity contribution in [3.8, 4) is 5.75 Å². The van der Waals surface area contributed by atoms with Crippen LogP contribution in [0, 0.1) is 0 Å². The molecule has 2 rings (SSSR count). The largest absolute Gasteiger partial charge is 0.492 e. The van der Waals surface area contributed by atoms with E-state index in [1.54, 1.807) is 42.5 Å². The molecule has 4 nitrogen and oxygen atoms in total. The minimum Gasteiger partial charge on any atom is -0.492 e. The van der Waals surface area contributed by atoms with Crippen LogP contribution in [0.2, 0.25) is 5.02 Å². The van der Waals surface area contributed by atoms with E-state index in [4.69, 9.17) is 16.3 Å². The molecule has 0 atom stereocenters. The number of ether oxygens (including phenoxy) is 1. The molecule has 2 aromatic rings. The van der Waals surface area contributed by atoms with Crippen molar-refractivity contribution in [3.63, 3.8) is 0 Å². The van der Waals surface area contributed by atoms with Gasteiger partial charge in [-0.25, -0.2) is 0 Å². The number of ketones is 1. The van der Waals surface area contributed by atoms with E-state index in [1.807, 2.05) is 6.92 Å². The number of hydrogen-bond acceptors (Lipinski definition) is 3. The van der Waals surface area contributed by atoms with Crippen molar-refractivity contribution in [2.24, 2.45) is 0 Å². The summed E-state index contributed by atoms with van der Waals surface area (Å²) in [4.78, 5) is 23.4. The van der Waals surface area contributed by atoms with Crippen LogP contribution in [0.1, 0.15) is 34.6 Å². The number of halogens is 1. The van der Waals surface area contributed by atoms with Gasteiger partial charge in [-0.15, -0.1) is 0 Å². The lowest BCUT2D eigenvalue weighted by Crippen LogP contribution is -2.12. The Hall–Kier alpha value is -2.33. The van der Waals surface area contributed by atoms with Crippen molar-refractivity contribution in [1.29, 1.82) is 0 Å². The molecule has 0 radical (unpaired) electrons. The summed E-state index contributed by atoms with van der Waals surface area (Å²) in [5, 5.41) is 3.14. The number of benzene rings is 2. The molecule has 5 heteroatoms. The minimum absolute atomic E-state index is 0.0174. The Morgan fingerprint density at radius 1 is 1.09 bits per heavy atom. The van der Waals surface area contributed by atoms with Gasteiger partial charge in [-0.1, -0.05) is 11.6 Å². The van der Waals surface area contributed by atoms with Gasteiger partial charge in [0.25, 0.3) is 5.91 Å². The first-order valence-electron chi connectivity index (χ1n) is 6.86. The van der Waals surface area contributed by atoms with Crippen LogP contribution in [0.5, 0.6) is 5.75 Å². The van der Waals surface area contributed by atoms with Gasteiger partial charge in [0, 0.05) is 16.8 Å². The van der Waals surface area contributed by atoms with Crippen LogP contribution in [0.25, 0.3) is 0 Å². The van der Waals surface area contributed by atoms with Crippen LogP contribution in [0.3, 0.4) is 0 Å². The van der Waals surface area contributed by atoms with Gasteiger partial charge in [0.15, 0.2) is 5.78 Å². The molecule has 114 valence electrons. The standard InChI is InChI=1S/C17H16ClNO3/c1-3-22-16-9-6-13(10-15(16)18)17(21)19-14-7-4-12(5-8-14)11(2)20/h4-10H,3H2,1-2H3,(H,19,21). The fourth-order valence-corrected chi connectivity index (χ4v) is 2.14. The Balaban J connectivity index is 2.11. The number of nitrogens with one attached hydrogen (secondary N) is 1. The lowest BCUT2D eigenvalue weighted by atomic mass is 10.1. The van der Waals surface area contributed by atoms with Gasteiger partial charge in [-0.3, -0.25) is 9.59 Å². The van der Waals surface area contributed by atoms with Gasteiger partial charge in [-0.2, -0.15) is 0 Å². The van der Waals surface area contributed by atoms with Crippen molar-refractivity contribution in [2.45, 2.75) is 13.8 Å². The third-order valence-corrected chi connectivity index (χ3v) is 3.34. The lowest BCUT2D eigenvalue weighted by molar-refractivity contribution is 0.101.